The van der Waals surface area contributed by atoms with Gasteiger partial charge in [-0.2, -0.15) is 24.7 Å². The van der Waals surface area contributed by atoms with Gasteiger partial charge in [0.1, 0.15) is 6.67 Å². The maximum absolute atomic E-state index is 6.49. The van der Waals surface area contributed by atoms with Gasteiger partial charge in [0.05, 0.1) is 39.8 Å². The Balaban J connectivity index is 1.63. The fraction of sp³-hybridized carbons (Fsp3) is 1.00. The summed E-state index contributed by atoms with van der Waals surface area (Å²) in [5.74, 6) is 0. The Hall–Kier alpha value is -0.0700. The van der Waals surface area contributed by atoms with Gasteiger partial charge in [-0.15, -0.1) is 0 Å². The molecule has 3 aliphatic rings. The van der Waals surface area contributed by atoms with Crippen LogP contribution in [0.5, 0.6) is 0 Å². The topological polar surface area (TPSA) is 53.1 Å². The lowest BCUT2D eigenvalue weighted by Crippen LogP contribution is -2.63. The van der Waals surface area contributed by atoms with Crippen LogP contribution in [-0.4, -0.2) is 93.3 Å². The Labute approximate surface area is 205 Å². The Morgan fingerprint density at radius 1 is 0.576 bits per heavy atom. The molecule has 0 bridgehead atoms. The molecule has 0 amide bonds. The maximum atomic E-state index is 6.49. The van der Waals surface area contributed by atoms with Crippen molar-refractivity contribution in [2.75, 3.05) is 34.2 Å². The summed E-state index contributed by atoms with van der Waals surface area (Å²) in [6.07, 6.45) is 3.58. The van der Waals surface area contributed by atoms with Crippen LogP contribution in [-0.2, 0) is 19.4 Å². The van der Waals surface area contributed by atoms with Crippen LogP contribution in [0.25, 0.3) is 0 Å². The molecular weight excluding hydrogens is 446 g/mol. The van der Waals surface area contributed by atoms with E-state index in [2.05, 4.69) is 65.5 Å². The van der Waals surface area contributed by atoms with Gasteiger partial charge in [0, 0.05) is 22.2 Å². The quantitative estimate of drug-likeness (QED) is 0.514. The molecule has 3 saturated heterocycles. The first-order valence-corrected chi connectivity index (χ1v) is 12.4. The zero-order valence-corrected chi connectivity index (χ0v) is 23.1. The standard InChI is InChI=1S/C23H46ClN5O4/c1-20(2)11-18(12-21(3,4)28(20)30-9)32-26-15-25(24)16-27(17-26)33-19-13-22(5,6)29(31-10)23(7,8)14-19/h18-19H,11-17H2,1-10H3. The van der Waals surface area contributed by atoms with E-state index in [9.17, 15) is 0 Å². The minimum atomic E-state index is -0.139. The van der Waals surface area contributed by atoms with E-state index in [1.807, 2.05) is 10.1 Å². The Kier molecular flexibility index (Phi) is 8.14. The number of hydroxylamine groups is 8. The number of hydrogen-bond donors (Lipinski definition) is 0. The van der Waals surface area contributed by atoms with Crippen molar-refractivity contribution in [3.05, 3.63) is 0 Å². The number of piperidine rings is 2. The van der Waals surface area contributed by atoms with E-state index in [-0.39, 0.29) is 34.4 Å². The highest BCUT2D eigenvalue weighted by atomic mass is 35.5. The van der Waals surface area contributed by atoms with E-state index in [0.29, 0.717) is 20.0 Å². The number of hydrogen-bond acceptors (Lipinski definition) is 9. The van der Waals surface area contributed by atoms with Gasteiger partial charge in [-0.3, -0.25) is 9.68 Å². The van der Waals surface area contributed by atoms with Crippen molar-refractivity contribution in [1.82, 2.24) is 24.7 Å². The van der Waals surface area contributed by atoms with Gasteiger partial charge in [-0.05, 0) is 92.8 Å². The van der Waals surface area contributed by atoms with Crippen molar-refractivity contribution in [1.29, 1.82) is 0 Å². The monoisotopic (exact) mass is 491 g/mol. The highest BCUT2D eigenvalue weighted by Gasteiger charge is 2.49. The molecule has 0 aromatic rings. The van der Waals surface area contributed by atoms with Crippen LogP contribution >= 0.6 is 11.8 Å². The third-order valence-electron chi connectivity index (χ3n) is 7.01. The summed E-state index contributed by atoms with van der Waals surface area (Å²) in [5.41, 5.74) is -0.554. The van der Waals surface area contributed by atoms with Crippen molar-refractivity contribution in [2.24, 2.45) is 0 Å². The molecule has 3 heterocycles. The van der Waals surface area contributed by atoms with E-state index >= 15 is 0 Å². The molecule has 0 atom stereocenters. The lowest BCUT2D eigenvalue weighted by molar-refractivity contribution is -0.357. The molecule has 9 nitrogen and oxygen atoms in total. The molecule has 0 unspecified atom stereocenters. The van der Waals surface area contributed by atoms with Gasteiger partial charge in [0.2, 0.25) is 0 Å². The number of nitrogens with zero attached hydrogens (tertiary/aromatic N) is 5. The third-order valence-corrected chi connectivity index (χ3v) is 7.22. The van der Waals surface area contributed by atoms with E-state index in [1.54, 1.807) is 18.6 Å². The molecule has 3 rings (SSSR count). The smallest absolute Gasteiger partial charge is 0.103 e. The molecule has 0 N–H and O–H groups in total. The first-order valence-electron chi connectivity index (χ1n) is 12.0. The van der Waals surface area contributed by atoms with E-state index in [1.165, 1.54) is 0 Å². The first kappa shape index (κ1) is 27.5. The zero-order chi connectivity index (χ0) is 24.8. The summed E-state index contributed by atoms with van der Waals surface area (Å²) in [7, 11) is 3.49. The number of halogens is 1. The predicted octanol–water partition coefficient (Wildman–Crippen LogP) is 3.96. The molecule has 33 heavy (non-hydrogen) atoms. The second-order valence-corrected chi connectivity index (χ2v) is 12.8. The van der Waals surface area contributed by atoms with Crippen molar-refractivity contribution in [3.8, 4) is 0 Å². The van der Waals surface area contributed by atoms with Gasteiger partial charge in [0.25, 0.3) is 0 Å². The molecule has 0 aromatic heterocycles. The second-order valence-electron chi connectivity index (χ2n) is 12.3. The van der Waals surface area contributed by atoms with Crippen LogP contribution in [0.3, 0.4) is 0 Å². The minimum Gasteiger partial charge on any atom is -0.301 e. The predicted molar refractivity (Wildman–Crippen MR) is 128 cm³/mol. The van der Waals surface area contributed by atoms with Crippen molar-refractivity contribution in [2.45, 2.75) is 115 Å². The van der Waals surface area contributed by atoms with Gasteiger partial charge in [0.15, 0.2) is 0 Å². The van der Waals surface area contributed by atoms with E-state index < -0.39 is 0 Å². The van der Waals surface area contributed by atoms with Crippen LogP contribution in [0.4, 0.5) is 0 Å². The van der Waals surface area contributed by atoms with Crippen molar-refractivity contribution < 1.29 is 19.4 Å². The average molecular weight is 492 g/mol. The molecular formula is C23H46ClN5O4. The summed E-state index contributed by atoms with van der Waals surface area (Å²) in [5, 5.41) is 8.01. The molecule has 194 valence electrons. The minimum absolute atomic E-state index is 0.0641. The fourth-order valence-corrected chi connectivity index (χ4v) is 6.93. The second kappa shape index (κ2) is 9.76. The molecule has 0 aliphatic carbocycles. The van der Waals surface area contributed by atoms with Crippen molar-refractivity contribution >= 4 is 11.8 Å². The molecule has 0 radical (unpaired) electrons. The summed E-state index contributed by atoms with van der Waals surface area (Å²) in [6, 6.07) is 0. The molecule has 0 saturated carbocycles. The molecule has 0 spiro atoms. The molecule has 0 aromatic carbocycles. The Morgan fingerprint density at radius 2 is 0.879 bits per heavy atom. The molecule has 3 fully saturated rings. The van der Waals surface area contributed by atoms with Crippen LogP contribution in [0, 0.1) is 0 Å². The van der Waals surface area contributed by atoms with Gasteiger partial charge >= 0.3 is 0 Å². The third kappa shape index (κ3) is 6.20. The largest absolute Gasteiger partial charge is 0.301 e. The highest BCUT2D eigenvalue weighted by Crippen LogP contribution is 2.41. The van der Waals surface area contributed by atoms with Crippen LogP contribution in [0.1, 0.15) is 81.1 Å². The van der Waals surface area contributed by atoms with Crippen LogP contribution < -0.4 is 0 Å². The van der Waals surface area contributed by atoms with Crippen molar-refractivity contribution in [3.63, 3.8) is 0 Å². The summed E-state index contributed by atoms with van der Waals surface area (Å²) in [4.78, 5) is 24.4. The van der Waals surface area contributed by atoms with Gasteiger partial charge in [-0.1, -0.05) is 0 Å². The van der Waals surface area contributed by atoms with Gasteiger partial charge in [-0.25, -0.2) is 0 Å². The normalized spacial score (nSPS) is 30.6. The van der Waals surface area contributed by atoms with E-state index in [4.69, 9.17) is 31.1 Å². The summed E-state index contributed by atoms with van der Waals surface area (Å²) < 4.78 is 1.70. The fourth-order valence-electron chi connectivity index (χ4n) is 6.69. The lowest BCUT2D eigenvalue weighted by atomic mass is 9.80. The van der Waals surface area contributed by atoms with E-state index in [0.717, 1.165) is 25.7 Å². The Bertz CT molecular complexity index is 587. The average Bonchev–Trinajstić information content (AvgIpc) is 2.57. The van der Waals surface area contributed by atoms with Crippen LogP contribution in [0.2, 0.25) is 0 Å². The highest BCUT2D eigenvalue weighted by molar-refractivity contribution is 6.13. The molecule has 3 aliphatic heterocycles. The van der Waals surface area contributed by atoms with Gasteiger partial charge < -0.3 is 9.68 Å². The van der Waals surface area contributed by atoms with Crippen LogP contribution in [0.15, 0.2) is 0 Å². The molecule has 10 heteroatoms. The zero-order valence-electron chi connectivity index (χ0n) is 22.4. The number of rotatable bonds is 6. The maximum Gasteiger partial charge on any atom is 0.103 e. The Morgan fingerprint density at radius 3 is 1.15 bits per heavy atom. The summed E-state index contributed by atoms with van der Waals surface area (Å²) in [6.45, 7) is 19.2. The summed E-state index contributed by atoms with van der Waals surface area (Å²) >= 11 is 6.49. The lowest BCUT2D eigenvalue weighted by Gasteiger charge is -2.54. The first-order chi connectivity index (χ1) is 15.1. The SMILES string of the molecule is CON1C(C)(C)CC(ON2CN(Cl)CN(OC3CC(C)(C)N(OC)C(C)(C)C3)C2)CC1(C)C.